The summed E-state index contributed by atoms with van der Waals surface area (Å²) in [6.45, 7) is 1.79. The summed E-state index contributed by atoms with van der Waals surface area (Å²) in [5.41, 5.74) is 16.5. The second-order valence-electron chi connectivity index (χ2n) is 7.46. The maximum atomic E-state index is 6.02. The highest BCUT2D eigenvalue weighted by atomic mass is 15.3. The smallest absolute Gasteiger partial charge is 0.224 e. The van der Waals surface area contributed by atoms with Crippen molar-refractivity contribution < 1.29 is 0 Å². The number of nitrogens with two attached hydrogens (primary N) is 2. The van der Waals surface area contributed by atoms with E-state index in [1.54, 1.807) is 6.20 Å². The maximum Gasteiger partial charge on any atom is 0.224 e. The van der Waals surface area contributed by atoms with Crippen molar-refractivity contribution in [1.29, 1.82) is 0 Å². The van der Waals surface area contributed by atoms with E-state index in [2.05, 4.69) is 74.6 Å². The minimum Gasteiger partial charge on any atom is -0.383 e. The van der Waals surface area contributed by atoms with E-state index >= 15 is 0 Å². The molecular formula is C22H23N7. The van der Waals surface area contributed by atoms with Gasteiger partial charge in [0.2, 0.25) is 5.95 Å². The molecule has 1 aliphatic rings. The van der Waals surface area contributed by atoms with Gasteiger partial charge in [-0.15, -0.1) is 0 Å². The van der Waals surface area contributed by atoms with Crippen molar-refractivity contribution in [1.82, 2.24) is 19.7 Å². The van der Waals surface area contributed by atoms with Crippen LogP contribution < -0.4 is 16.4 Å². The minimum absolute atomic E-state index is 0.145. The molecule has 5 rings (SSSR count). The Bertz CT molecular complexity index is 1150. The summed E-state index contributed by atoms with van der Waals surface area (Å²) in [6, 6.07) is 19.3. The van der Waals surface area contributed by atoms with E-state index in [9.17, 15) is 0 Å². The first kappa shape index (κ1) is 17.5. The van der Waals surface area contributed by atoms with Crippen LogP contribution in [0.25, 0.3) is 11.0 Å². The van der Waals surface area contributed by atoms with E-state index < -0.39 is 0 Å². The lowest BCUT2D eigenvalue weighted by molar-refractivity contribution is 0.440. The molecule has 7 nitrogen and oxygen atoms in total. The third-order valence-corrected chi connectivity index (χ3v) is 5.58. The standard InChI is InChI=1S/C22H23N7/c23-20-18-13-25-29(21(18)27-22(24)26-20)17-12-16-8-4-5-9-19(16)28(14-17)11-10-15-6-2-1-3-7-15/h1-9,13,17H,10-12,14H2,(H4,23,24,26,27). The first-order chi connectivity index (χ1) is 14.2. The van der Waals surface area contributed by atoms with Gasteiger partial charge in [0.15, 0.2) is 5.65 Å². The molecule has 0 aliphatic carbocycles. The Morgan fingerprint density at radius 1 is 0.966 bits per heavy atom. The van der Waals surface area contributed by atoms with E-state index in [1.165, 1.54) is 16.8 Å². The van der Waals surface area contributed by atoms with Gasteiger partial charge in [-0.25, -0.2) is 4.68 Å². The average molecular weight is 385 g/mol. The SMILES string of the molecule is Nc1nc(N)c2cnn(C3Cc4ccccc4N(CCc4ccccc4)C3)c2n1. The van der Waals surface area contributed by atoms with Crippen LogP contribution in [0.15, 0.2) is 60.8 Å². The minimum atomic E-state index is 0.145. The molecule has 29 heavy (non-hydrogen) atoms. The highest BCUT2D eigenvalue weighted by Gasteiger charge is 2.27. The van der Waals surface area contributed by atoms with E-state index in [0.29, 0.717) is 11.5 Å². The lowest BCUT2D eigenvalue weighted by Gasteiger charge is -2.36. The molecule has 7 heteroatoms. The monoisotopic (exact) mass is 385 g/mol. The maximum absolute atomic E-state index is 6.02. The van der Waals surface area contributed by atoms with Gasteiger partial charge in [-0.3, -0.25) is 0 Å². The molecule has 0 fully saturated rings. The van der Waals surface area contributed by atoms with Gasteiger partial charge in [-0.2, -0.15) is 15.1 Å². The number of rotatable bonds is 4. The quantitative estimate of drug-likeness (QED) is 0.560. The summed E-state index contributed by atoms with van der Waals surface area (Å²) in [7, 11) is 0. The summed E-state index contributed by atoms with van der Waals surface area (Å²) in [5, 5.41) is 5.34. The van der Waals surface area contributed by atoms with Crippen LogP contribution in [0.4, 0.5) is 17.5 Å². The Kier molecular flexibility index (Phi) is 4.27. The van der Waals surface area contributed by atoms with Gasteiger partial charge in [0.05, 0.1) is 17.6 Å². The number of anilines is 3. The Morgan fingerprint density at radius 2 is 1.76 bits per heavy atom. The number of hydrogen-bond acceptors (Lipinski definition) is 6. The largest absolute Gasteiger partial charge is 0.383 e. The fraction of sp³-hybridized carbons (Fsp3) is 0.227. The molecule has 2 aromatic carbocycles. The van der Waals surface area contributed by atoms with Gasteiger partial charge >= 0.3 is 0 Å². The summed E-state index contributed by atoms with van der Waals surface area (Å²) in [6.07, 6.45) is 3.61. The van der Waals surface area contributed by atoms with Crippen LogP contribution >= 0.6 is 0 Å². The molecule has 3 heterocycles. The number of hydrogen-bond donors (Lipinski definition) is 2. The lowest BCUT2D eigenvalue weighted by Crippen LogP contribution is -2.38. The molecule has 4 N–H and O–H groups in total. The number of aromatic nitrogens is 4. The highest BCUT2D eigenvalue weighted by Crippen LogP contribution is 2.33. The predicted octanol–water partition coefficient (Wildman–Crippen LogP) is 2.84. The van der Waals surface area contributed by atoms with Crippen molar-refractivity contribution in [2.75, 3.05) is 29.5 Å². The Morgan fingerprint density at radius 3 is 2.62 bits per heavy atom. The fourth-order valence-corrected chi connectivity index (χ4v) is 4.18. The van der Waals surface area contributed by atoms with Gasteiger partial charge in [-0.05, 0) is 30.0 Å². The van der Waals surface area contributed by atoms with E-state index in [-0.39, 0.29) is 12.0 Å². The summed E-state index contributed by atoms with van der Waals surface area (Å²) >= 11 is 0. The van der Waals surface area contributed by atoms with Crippen LogP contribution in [0.3, 0.4) is 0 Å². The second kappa shape index (κ2) is 7.09. The van der Waals surface area contributed by atoms with Crippen LogP contribution in [0, 0.1) is 0 Å². The zero-order valence-corrected chi connectivity index (χ0v) is 16.1. The van der Waals surface area contributed by atoms with Gasteiger partial charge in [0.25, 0.3) is 0 Å². The molecule has 0 spiro atoms. The number of benzene rings is 2. The van der Waals surface area contributed by atoms with E-state index in [4.69, 9.17) is 11.5 Å². The first-order valence-electron chi connectivity index (χ1n) is 9.82. The van der Waals surface area contributed by atoms with Crippen LogP contribution in [0.2, 0.25) is 0 Å². The molecule has 1 unspecified atom stereocenters. The Balaban J connectivity index is 1.48. The van der Waals surface area contributed by atoms with Gasteiger partial charge < -0.3 is 16.4 Å². The fourth-order valence-electron chi connectivity index (χ4n) is 4.18. The molecule has 1 aliphatic heterocycles. The average Bonchev–Trinajstić information content (AvgIpc) is 3.17. The summed E-state index contributed by atoms with van der Waals surface area (Å²) in [5.74, 6) is 0.546. The summed E-state index contributed by atoms with van der Waals surface area (Å²) in [4.78, 5) is 10.9. The second-order valence-corrected chi connectivity index (χ2v) is 7.46. The van der Waals surface area contributed by atoms with Crippen molar-refractivity contribution in [3.63, 3.8) is 0 Å². The van der Waals surface area contributed by atoms with Crippen LogP contribution in [-0.2, 0) is 12.8 Å². The lowest BCUT2D eigenvalue weighted by atomic mass is 9.97. The van der Waals surface area contributed by atoms with Crippen molar-refractivity contribution in [3.8, 4) is 0 Å². The zero-order chi connectivity index (χ0) is 19.8. The molecule has 2 aromatic heterocycles. The van der Waals surface area contributed by atoms with Gasteiger partial charge in [0, 0.05) is 18.8 Å². The van der Waals surface area contributed by atoms with Crippen LogP contribution in [0.5, 0.6) is 0 Å². The first-order valence-corrected chi connectivity index (χ1v) is 9.82. The number of para-hydroxylation sites is 1. The van der Waals surface area contributed by atoms with Crippen molar-refractivity contribution in [2.45, 2.75) is 18.9 Å². The highest BCUT2D eigenvalue weighted by molar-refractivity contribution is 5.86. The molecule has 0 bridgehead atoms. The third-order valence-electron chi connectivity index (χ3n) is 5.58. The molecule has 4 aromatic rings. The summed E-state index contributed by atoms with van der Waals surface area (Å²) < 4.78 is 1.95. The third kappa shape index (κ3) is 3.24. The molecule has 1 atom stereocenters. The number of nitrogen functional groups attached to an aromatic ring is 2. The molecule has 146 valence electrons. The van der Waals surface area contributed by atoms with E-state index in [1.807, 2.05) is 4.68 Å². The van der Waals surface area contributed by atoms with Crippen molar-refractivity contribution >= 4 is 28.5 Å². The molecule has 0 saturated carbocycles. The topological polar surface area (TPSA) is 98.9 Å². The van der Waals surface area contributed by atoms with Gasteiger partial charge in [0.1, 0.15) is 5.82 Å². The Labute approximate surface area is 169 Å². The number of nitrogens with zero attached hydrogens (tertiary/aromatic N) is 5. The Hall–Kier alpha value is -3.61. The van der Waals surface area contributed by atoms with Crippen molar-refractivity contribution in [2.24, 2.45) is 0 Å². The molecule has 0 radical (unpaired) electrons. The number of fused-ring (bicyclic) bond motifs is 2. The van der Waals surface area contributed by atoms with Crippen LogP contribution in [-0.4, -0.2) is 32.8 Å². The van der Waals surface area contributed by atoms with Gasteiger partial charge in [-0.1, -0.05) is 48.5 Å². The zero-order valence-electron chi connectivity index (χ0n) is 16.1. The van der Waals surface area contributed by atoms with Crippen LogP contribution in [0.1, 0.15) is 17.2 Å². The molecule has 0 saturated heterocycles. The van der Waals surface area contributed by atoms with E-state index in [0.717, 1.165) is 31.3 Å². The molecular weight excluding hydrogens is 362 g/mol. The predicted molar refractivity (Wildman–Crippen MR) is 116 cm³/mol. The van der Waals surface area contributed by atoms with Crippen molar-refractivity contribution in [3.05, 3.63) is 71.9 Å². The molecule has 0 amide bonds. The normalized spacial score (nSPS) is 16.1.